The van der Waals surface area contributed by atoms with Crippen molar-refractivity contribution in [3.05, 3.63) is 40.3 Å². The molecule has 0 atom stereocenters. The van der Waals surface area contributed by atoms with Gasteiger partial charge in [0.2, 0.25) is 0 Å². The molecule has 10 heteroatoms. The molecule has 0 amide bonds. The molecule has 2 rings (SSSR count). The average Bonchev–Trinajstić information content (AvgIpc) is 2.90. The van der Waals surface area contributed by atoms with E-state index in [1.54, 1.807) is 6.92 Å². The second-order valence-electron chi connectivity index (χ2n) is 4.08. The maximum absolute atomic E-state index is 12.1. The fraction of sp³-hybridized carbons (Fsp3) is 0.182. The van der Waals surface area contributed by atoms with Gasteiger partial charge in [0.1, 0.15) is 11.6 Å². The van der Waals surface area contributed by atoms with E-state index in [9.17, 15) is 23.6 Å². The number of hydrogen-bond acceptors (Lipinski definition) is 6. The van der Waals surface area contributed by atoms with E-state index in [1.165, 1.54) is 6.07 Å². The largest absolute Gasteiger partial charge is 0.505 e. The molecule has 0 aliphatic carbocycles. The third kappa shape index (κ3) is 2.94. The van der Waals surface area contributed by atoms with E-state index in [-0.39, 0.29) is 5.03 Å². The number of phenolic OH excluding ortho intramolecular Hbond substituents is 1. The van der Waals surface area contributed by atoms with E-state index in [0.29, 0.717) is 12.2 Å². The number of nitro groups is 1. The van der Waals surface area contributed by atoms with Crippen LogP contribution in [0.4, 0.5) is 11.4 Å². The number of benzene rings is 1. The number of aromatic nitrogens is 2. The SMILES string of the molecule is CCc1ncc(S(=O)(=O)Nc2c(O)cccc2[N+](=O)[O-])[nH]1. The van der Waals surface area contributed by atoms with E-state index < -0.39 is 32.1 Å². The van der Waals surface area contributed by atoms with Crippen LogP contribution >= 0.6 is 0 Å². The third-order valence-electron chi connectivity index (χ3n) is 2.68. The number of sulfonamides is 1. The van der Waals surface area contributed by atoms with Gasteiger partial charge >= 0.3 is 0 Å². The first-order valence-corrected chi connectivity index (χ1v) is 7.36. The molecular weight excluding hydrogens is 300 g/mol. The van der Waals surface area contributed by atoms with Crippen molar-refractivity contribution in [3.63, 3.8) is 0 Å². The normalized spacial score (nSPS) is 11.3. The van der Waals surface area contributed by atoms with E-state index >= 15 is 0 Å². The average molecular weight is 312 g/mol. The van der Waals surface area contributed by atoms with E-state index in [1.807, 2.05) is 4.72 Å². The van der Waals surface area contributed by atoms with Crippen molar-refractivity contribution in [3.8, 4) is 5.75 Å². The first-order valence-electron chi connectivity index (χ1n) is 5.88. The summed E-state index contributed by atoms with van der Waals surface area (Å²) in [7, 11) is -4.11. The first-order chi connectivity index (χ1) is 9.85. The number of imidazole rings is 1. The summed E-state index contributed by atoms with van der Waals surface area (Å²) in [6.07, 6.45) is 1.61. The van der Waals surface area contributed by atoms with Gasteiger partial charge in [-0.15, -0.1) is 0 Å². The molecule has 0 spiro atoms. The number of aromatic amines is 1. The first kappa shape index (κ1) is 14.8. The number of hydrogen-bond donors (Lipinski definition) is 3. The zero-order valence-corrected chi connectivity index (χ0v) is 11.7. The fourth-order valence-electron chi connectivity index (χ4n) is 1.63. The minimum atomic E-state index is -4.11. The number of rotatable bonds is 5. The van der Waals surface area contributed by atoms with Crippen LogP contribution in [0.25, 0.3) is 0 Å². The number of aryl methyl sites for hydroxylation is 1. The Bertz CT molecular complexity index is 784. The minimum Gasteiger partial charge on any atom is -0.505 e. The van der Waals surface area contributed by atoms with Gasteiger partial charge in [-0.25, -0.2) is 4.98 Å². The fourth-order valence-corrected chi connectivity index (χ4v) is 2.67. The van der Waals surface area contributed by atoms with Crippen molar-refractivity contribution >= 4 is 21.4 Å². The molecule has 1 heterocycles. The van der Waals surface area contributed by atoms with Crippen LogP contribution in [0.1, 0.15) is 12.7 Å². The molecule has 0 aliphatic heterocycles. The lowest BCUT2D eigenvalue weighted by Gasteiger charge is -2.08. The summed E-state index contributed by atoms with van der Waals surface area (Å²) in [6.45, 7) is 1.79. The lowest BCUT2D eigenvalue weighted by molar-refractivity contribution is -0.383. The summed E-state index contributed by atoms with van der Waals surface area (Å²) in [5.41, 5.74) is -1.04. The van der Waals surface area contributed by atoms with Gasteiger partial charge in [-0.1, -0.05) is 13.0 Å². The second kappa shape index (κ2) is 5.40. The number of nitrogens with one attached hydrogen (secondary N) is 2. The van der Waals surface area contributed by atoms with Crippen molar-refractivity contribution in [1.29, 1.82) is 0 Å². The van der Waals surface area contributed by atoms with Crippen LogP contribution < -0.4 is 4.72 Å². The number of nitrogens with zero attached hydrogens (tertiary/aromatic N) is 2. The van der Waals surface area contributed by atoms with E-state index in [4.69, 9.17) is 0 Å². The lowest BCUT2D eigenvalue weighted by Crippen LogP contribution is -2.14. The summed E-state index contributed by atoms with van der Waals surface area (Å²) < 4.78 is 26.3. The number of aromatic hydroxyl groups is 1. The smallest absolute Gasteiger partial charge is 0.297 e. The molecular formula is C11H12N4O5S. The highest BCUT2D eigenvalue weighted by atomic mass is 32.2. The molecule has 0 fully saturated rings. The van der Waals surface area contributed by atoms with Crippen molar-refractivity contribution in [2.24, 2.45) is 0 Å². The predicted molar refractivity (Wildman–Crippen MR) is 73.5 cm³/mol. The summed E-state index contributed by atoms with van der Waals surface area (Å²) in [6, 6.07) is 3.48. The molecule has 0 bridgehead atoms. The number of anilines is 1. The Morgan fingerprint density at radius 3 is 2.76 bits per heavy atom. The summed E-state index contributed by atoms with van der Waals surface area (Å²) >= 11 is 0. The standard InChI is InChI=1S/C11H12N4O5S/c1-2-9-12-6-10(13-9)21(19,20)14-11-7(15(17)18)4-3-5-8(11)16/h3-6,14,16H,2H2,1H3,(H,12,13). The number of H-pyrrole nitrogens is 1. The van der Waals surface area contributed by atoms with Crippen LogP contribution in [0.5, 0.6) is 5.75 Å². The molecule has 9 nitrogen and oxygen atoms in total. The van der Waals surface area contributed by atoms with Crippen molar-refractivity contribution in [2.75, 3.05) is 4.72 Å². The molecule has 1 aromatic heterocycles. The summed E-state index contributed by atoms with van der Waals surface area (Å²) in [5.74, 6) is -0.0786. The third-order valence-corrected chi connectivity index (χ3v) is 3.94. The van der Waals surface area contributed by atoms with Gasteiger partial charge < -0.3 is 10.1 Å². The molecule has 1 aromatic carbocycles. The van der Waals surface area contributed by atoms with Crippen LogP contribution in [-0.4, -0.2) is 28.4 Å². The van der Waals surface area contributed by atoms with E-state index in [0.717, 1.165) is 18.3 Å². The Morgan fingerprint density at radius 2 is 2.19 bits per heavy atom. The Kier molecular flexibility index (Phi) is 3.80. The van der Waals surface area contributed by atoms with Crippen molar-refractivity contribution in [1.82, 2.24) is 9.97 Å². The zero-order chi connectivity index (χ0) is 15.6. The molecule has 2 aromatic rings. The predicted octanol–water partition coefficient (Wildman–Crippen LogP) is 1.39. The molecule has 21 heavy (non-hydrogen) atoms. The van der Waals surface area contributed by atoms with Crippen LogP contribution in [0.15, 0.2) is 29.4 Å². The topological polar surface area (TPSA) is 138 Å². The Morgan fingerprint density at radius 1 is 1.48 bits per heavy atom. The molecule has 0 radical (unpaired) electrons. The Hall–Kier alpha value is -2.62. The van der Waals surface area contributed by atoms with Gasteiger partial charge in [0.25, 0.3) is 15.7 Å². The van der Waals surface area contributed by atoms with Crippen LogP contribution in [0, 0.1) is 10.1 Å². The molecule has 0 saturated heterocycles. The second-order valence-corrected chi connectivity index (χ2v) is 5.73. The number of phenols is 1. The van der Waals surface area contributed by atoms with Crippen LogP contribution in [-0.2, 0) is 16.4 Å². The quantitative estimate of drug-likeness (QED) is 0.433. The van der Waals surface area contributed by atoms with Crippen molar-refractivity contribution < 1.29 is 18.4 Å². The summed E-state index contributed by atoms with van der Waals surface area (Å²) in [5, 5.41) is 20.3. The Balaban J connectivity index is 2.44. The molecule has 0 aliphatic rings. The molecule has 3 N–H and O–H groups in total. The summed E-state index contributed by atoms with van der Waals surface area (Å²) in [4.78, 5) is 16.5. The highest BCUT2D eigenvalue weighted by Crippen LogP contribution is 2.34. The van der Waals surface area contributed by atoms with Gasteiger partial charge in [0.05, 0.1) is 11.1 Å². The van der Waals surface area contributed by atoms with Crippen molar-refractivity contribution in [2.45, 2.75) is 18.4 Å². The maximum Gasteiger partial charge on any atom is 0.297 e. The Labute approximate surface area is 119 Å². The highest BCUT2D eigenvalue weighted by molar-refractivity contribution is 7.92. The van der Waals surface area contributed by atoms with E-state index in [2.05, 4.69) is 9.97 Å². The number of nitro benzene ring substituents is 1. The van der Waals surface area contributed by atoms with Gasteiger partial charge in [-0.2, -0.15) is 8.42 Å². The van der Waals surface area contributed by atoms with Gasteiger partial charge in [-0.05, 0) is 6.07 Å². The van der Waals surface area contributed by atoms with Crippen LogP contribution in [0.3, 0.4) is 0 Å². The van der Waals surface area contributed by atoms with Gasteiger partial charge in [0.15, 0.2) is 10.7 Å². The zero-order valence-electron chi connectivity index (χ0n) is 10.9. The van der Waals surface area contributed by atoms with Gasteiger partial charge in [0, 0.05) is 12.5 Å². The molecule has 0 unspecified atom stereocenters. The number of para-hydroxylation sites is 1. The van der Waals surface area contributed by atoms with Gasteiger partial charge in [-0.3, -0.25) is 14.8 Å². The lowest BCUT2D eigenvalue weighted by atomic mass is 10.2. The highest BCUT2D eigenvalue weighted by Gasteiger charge is 2.25. The maximum atomic E-state index is 12.1. The monoisotopic (exact) mass is 312 g/mol. The minimum absolute atomic E-state index is 0.239. The molecule has 112 valence electrons. The van der Waals surface area contributed by atoms with Crippen LogP contribution in [0.2, 0.25) is 0 Å². The molecule has 0 saturated carbocycles.